The molecule has 2 amide bonds. The first-order valence-corrected chi connectivity index (χ1v) is 5.44. The smallest absolute Gasteiger partial charge is 0.315 e. The van der Waals surface area contributed by atoms with Crippen molar-refractivity contribution in [1.29, 1.82) is 0 Å². The van der Waals surface area contributed by atoms with E-state index in [1.165, 1.54) is 0 Å². The Kier molecular flexibility index (Phi) is 2.91. The molecule has 80 valence electrons. The van der Waals surface area contributed by atoms with E-state index in [0.717, 1.165) is 25.9 Å². The molecule has 14 heavy (non-hydrogen) atoms. The fourth-order valence-corrected chi connectivity index (χ4v) is 1.92. The molecule has 1 saturated carbocycles. The summed E-state index contributed by atoms with van der Waals surface area (Å²) in [6, 6.07) is 0.609. The predicted octanol–water partition coefficient (Wildman–Crippen LogP) is 0.873. The van der Waals surface area contributed by atoms with Gasteiger partial charge in [0.1, 0.15) is 0 Å². The zero-order valence-electron chi connectivity index (χ0n) is 8.58. The Morgan fingerprint density at radius 1 is 1.50 bits per heavy atom. The van der Waals surface area contributed by atoms with Crippen molar-refractivity contribution in [2.24, 2.45) is 5.92 Å². The zero-order valence-corrected chi connectivity index (χ0v) is 8.58. The van der Waals surface area contributed by atoms with Crippen LogP contribution in [0.1, 0.15) is 26.2 Å². The molecular weight excluding hydrogens is 180 g/mol. The van der Waals surface area contributed by atoms with Gasteiger partial charge in [0.25, 0.3) is 0 Å². The third-order valence-corrected chi connectivity index (χ3v) is 3.03. The Morgan fingerprint density at radius 3 is 2.93 bits per heavy atom. The molecule has 3 unspecified atom stereocenters. The van der Waals surface area contributed by atoms with Crippen LogP contribution in [0.15, 0.2) is 0 Å². The average molecular weight is 198 g/mol. The number of carbonyl (C=O) groups excluding carboxylic acids is 1. The zero-order chi connectivity index (χ0) is 9.97. The predicted molar refractivity (Wildman–Crippen MR) is 53.1 cm³/mol. The number of hydrogen-bond donors (Lipinski definition) is 2. The minimum absolute atomic E-state index is 0.0264. The second kappa shape index (κ2) is 4.17. The minimum atomic E-state index is -0.0264. The van der Waals surface area contributed by atoms with E-state index < -0.39 is 0 Å². The summed E-state index contributed by atoms with van der Waals surface area (Å²) in [6.07, 6.45) is 3.25. The Hall–Kier alpha value is -0.770. The molecule has 0 aromatic heterocycles. The normalized spacial score (nSPS) is 35.4. The molecule has 0 radical (unpaired) electrons. The molecule has 2 aliphatic rings. The molecule has 1 saturated heterocycles. The number of urea groups is 1. The summed E-state index contributed by atoms with van der Waals surface area (Å²) >= 11 is 0. The van der Waals surface area contributed by atoms with Crippen molar-refractivity contribution in [3.05, 3.63) is 0 Å². The Bertz CT molecular complexity index is 214. The number of nitrogens with one attached hydrogen (secondary N) is 2. The van der Waals surface area contributed by atoms with Crippen molar-refractivity contribution < 1.29 is 9.53 Å². The molecule has 0 spiro atoms. The van der Waals surface area contributed by atoms with Gasteiger partial charge in [0.05, 0.1) is 12.6 Å². The molecule has 0 aromatic carbocycles. The van der Waals surface area contributed by atoms with Crippen LogP contribution < -0.4 is 10.6 Å². The highest BCUT2D eigenvalue weighted by molar-refractivity contribution is 5.75. The third-order valence-electron chi connectivity index (χ3n) is 3.03. The molecule has 1 aliphatic heterocycles. The number of ether oxygens (including phenoxy) is 1. The lowest BCUT2D eigenvalue weighted by Gasteiger charge is -2.11. The maximum atomic E-state index is 11.4. The number of rotatable bonds is 3. The van der Waals surface area contributed by atoms with Gasteiger partial charge in [0, 0.05) is 12.6 Å². The van der Waals surface area contributed by atoms with Crippen molar-refractivity contribution in [1.82, 2.24) is 10.6 Å². The Labute approximate surface area is 84.4 Å². The van der Waals surface area contributed by atoms with Gasteiger partial charge in [-0.2, -0.15) is 0 Å². The summed E-state index contributed by atoms with van der Waals surface area (Å²) in [7, 11) is 0. The van der Waals surface area contributed by atoms with E-state index in [9.17, 15) is 4.79 Å². The van der Waals surface area contributed by atoms with E-state index in [4.69, 9.17) is 4.74 Å². The van der Waals surface area contributed by atoms with E-state index >= 15 is 0 Å². The van der Waals surface area contributed by atoms with Crippen LogP contribution >= 0.6 is 0 Å². The van der Waals surface area contributed by atoms with Crippen LogP contribution in [0.2, 0.25) is 0 Å². The van der Waals surface area contributed by atoms with Gasteiger partial charge in [-0.3, -0.25) is 0 Å². The van der Waals surface area contributed by atoms with Crippen molar-refractivity contribution in [2.45, 2.75) is 38.3 Å². The van der Waals surface area contributed by atoms with Gasteiger partial charge < -0.3 is 15.4 Å². The first kappa shape index (κ1) is 9.77. The van der Waals surface area contributed by atoms with Gasteiger partial charge in [0.15, 0.2) is 0 Å². The molecule has 2 rings (SSSR count). The molecule has 4 nitrogen and oxygen atoms in total. The third kappa shape index (κ3) is 2.38. The standard InChI is InChI=1S/C10H18N2O2/c1-2-7-5-9(7)12-10(13)11-8-3-4-14-6-8/h7-9H,2-6H2,1H3,(H2,11,12,13). The molecule has 1 heterocycles. The van der Waals surface area contributed by atoms with E-state index in [-0.39, 0.29) is 12.1 Å². The van der Waals surface area contributed by atoms with Crippen LogP contribution in [0.25, 0.3) is 0 Å². The highest BCUT2D eigenvalue weighted by atomic mass is 16.5. The van der Waals surface area contributed by atoms with Gasteiger partial charge in [-0.1, -0.05) is 13.3 Å². The van der Waals surface area contributed by atoms with Crippen LogP contribution in [-0.4, -0.2) is 31.3 Å². The van der Waals surface area contributed by atoms with Crippen molar-refractivity contribution in [3.63, 3.8) is 0 Å². The second-order valence-corrected chi connectivity index (χ2v) is 4.19. The molecular formula is C10H18N2O2. The maximum Gasteiger partial charge on any atom is 0.315 e. The van der Waals surface area contributed by atoms with Crippen LogP contribution in [0.5, 0.6) is 0 Å². The minimum Gasteiger partial charge on any atom is -0.379 e. The largest absolute Gasteiger partial charge is 0.379 e. The maximum absolute atomic E-state index is 11.4. The van der Waals surface area contributed by atoms with Crippen LogP contribution in [-0.2, 0) is 4.74 Å². The summed E-state index contributed by atoms with van der Waals surface area (Å²) in [5.41, 5.74) is 0. The average Bonchev–Trinajstić information content (AvgIpc) is 2.69. The number of amides is 2. The molecule has 0 bridgehead atoms. The van der Waals surface area contributed by atoms with E-state index in [2.05, 4.69) is 17.6 Å². The van der Waals surface area contributed by atoms with Crippen molar-refractivity contribution in [2.75, 3.05) is 13.2 Å². The van der Waals surface area contributed by atoms with E-state index in [1.54, 1.807) is 0 Å². The highest BCUT2D eigenvalue weighted by Crippen LogP contribution is 2.32. The van der Waals surface area contributed by atoms with Gasteiger partial charge in [-0.15, -0.1) is 0 Å². The van der Waals surface area contributed by atoms with Crippen LogP contribution in [0, 0.1) is 5.92 Å². The Morgan fingerprint density at radius 2 is 2.36 bits per heavy atom. The summed E-state index contributed by atoms with van der Waals surface area (Å²) in [6.45, 7) is 3.59. The van der Waals surface area contributed by atoms with E-state index in [0.29, 0.717) is 18.6 Å². The molecule has 1 aliphatic carbocycles. The topological polar surface area (TPSA) is 50.4 Å². The van der Waals surface area contributed by atoms with Crippen molar-refractivity contribution >= 4 is 6.03 Å². The van der Waals surface area contributed by atoms with E-state index in [1.807, 2.05) is 0 Å². The molecule has 2 fully saturated rings. The monoisotopic (exact) mass is 198 g/mol. The Balaban J connectivity index is 1.64. The van der Waals surface area contributed by atoms with Gasteiger partial charge in [-0.25, -0.2) is 4.79 Å². The lowest BCUT2D eigenvalue weighted by Crippen LogP contribution is -2.43. The van der Waals surface area contributed by atoms with Gasteiger partial charge in [-0.05, 0) is 18.8 Å². The fraction of sp³-hybridized carbons (Fsp3) is 0.900. The highest BCUT2D eigenvalue weighted by Gasteiger charge is 2.36. The molecule has 0 aromatic rings. The number of carbonyl (C=O) groups is 1. The SMILES string of the molecule is CCC1CC1NC(=O)NC1CCOC1. The van der Waals surface area contributed by atoms with Gasteiger partial charge in [0.2, 0.25) is 0 Å². The lowest BCUT2D eigenvalue weighted by atomic mass is 10.3. The first-order valence-electron chi connectivity index (χ1n) is 5.44. The second-order valence-electron chi connectivity index (χ2n) is 4.19. The quantitative estimate of drug-likeness (QED) is 0.707. The summed E-state index contributed by atoms with van der Waals surface area (Å²) in [4.78, 5) is 11.4. The lowest BCUT2D eigenvalue weighted by molar-refractivity contribution is 0.188. The van der Waals surface area contributed by atoms with Crippen LogP contribution in [0.4, 0.5) is 4.79 Å². The van der Waals surface area contributed by atoms with Crippen LogP contribution in [0.3, 0.4) is 0 Å². The molecule has 3 atom stereocenters. The first-order chi connectivity index (χ1) is 6.79. The van der Waals surface area contributed by atoms with Crippen molar-refractivity contribution in [3.8, 4) is 0 Å². The number of hydrogen-bond acceptors (Lipinski definition) is 2. The molecule has 2 N–H and O–H groups in total. The summed E-state index contributed by atoms with van der Waals surface area (Å²) < 4.78 is 5.18. The summed E-state index contributed by atoms with van der Waals surface area (Å²) in [5.74, 6) is 0.709. The summed E-state index contributed by atoms with van der Waals surface area (Å²) in [5, 5.41) is 5.90. The van der Waals surface area contributed by atoms with Gasteiger partial charge >= 0.3 is 6.03 Å². The molecule has 4 heteroatoms. The fourth-order valence-electron chi connectivity index (χ4n) is 1.92.